The van der Waals surface area contributed by atoms with E-state index in [0.717, 1.165) is 61.7 Å². The third-order valence-corrected chi connectivity index (χ3v) is 14.6. The van der Waals surface area contributed by atoms with Crippen molar-refractivity contribution in [3.8, 4) is 11.5 Å². The van der Waals surface area contributed by atoms with Gasteiger partial charge in [0.15, 0.2) is 0 Å². The SMILES string of the molecule is CCCCCCc1cnc(C2CCC(Cc3cc(CCCCCC)ccc3Oc3ccc(CCCCCC)cc3CC3CCC(c4ncc(CCCCCC)cn4)CC3)CC2)nc1. The molecule has 63 heavy (non-hydrogen) atoms. The highest BCUT2D eigenvalue weighted by atomic mass is 16.5. The van der Waals surface area contributed by atoms with Crippen molar-refractivity contribution in [3.63, 3.8) is 0 Å². The zero-order valence-corrected chi connectivity index (χ0v) is 40.5. The second-order valence-corrected chi connectivity index (χ2v) is 20.0. The summed E-state index contributed by atoms with van der Waals surface area (Å²) < 4.78 is 7.17. The van der Waals surface area contributed by atoms with E-state index < -0.39 is 0 Å². The second-order valence-electron chi connectivity index (χ2n) is 20.0. The van der Waals surface area contributed by atoms with Crippen molar-refractivity contribution in [3.05, 3.63) is 106 Å². The Kier molecular flexibility index (Phi) is 21.4. The molecule has 0 atom stereocenters. The predicted octanol–water partition coefficient (Wildman–Crippen LogP) is 16.6. The third kappa shape index (κ3) is 16.4. The van der Waals surface area contributed by atoms with Gasteiger partial charge >= 0.3 is 0 Å². The minimum atomic E-state index is 0.479. The maximum atomic E-state index is 7.17. The van der Waals surface area contributed by atoms with Crippen molar-refractivity contribution in [1.29, 1.82) is 0 Å². The highest BCUT2D eigenvalue weighted by Crippen LogP contribution is 2.41. The fraction of sp³-hybridized carbons (Fsp3) is 0.655. The standard InChI is InChI=1S/C58H86N4O/c1-5-9-13-17-21-45-29-35-55(53(37-45)39-47-25-31-51(32-26-47)57-59-41-49(42-60-57)23-19-15-11-7-3)63-56-36-30-46(22-18-14-10-6-2)38-54(56)40-48-27-33-52(34-28-48)58-61-43-50(44-62-58)24-20-16-12-8-4/h29-30,35-38,41-44,47-48,51-52H,5-28,31-34,39-40H2,1-4H3. The number of hydrogen-bond acceptors (Lipinski definition) is 5. The number of rotatable bonds is 28. The van der Waals surface area contributed by atoms with Crippen LogP contribution in [0.4, 0.5) is 0 Å². The van der Waals surface area contributed by atoms with E-state index in [1.54, 1.807) is 0 Å². The fourth-order valence-electron chi connectivity index (χ4n) is 10.5. The van der Waals surface area contributed by atoms with Gasteiger partial charge < -0.3 is 4.74 Å². The smallest absolute Gasteiger partial charge is 0.131 e. The Labute approximate surface area is 384 Å². The number of hydrogen-bond donors (Lipinski definition) is 0. The summed E-state index contributed by atoms with van der Waals surface area (Å²) in [5.74, 6) is 6.53. The van der Waals surface area contributed by atoms with Gasteiger partial charge in [-0.1, -0.05) is 129 Å². The average molecular weight is 855 g/mol. The Hall–Kier alpha value is -3.60. The van der Waals surface area contributed by atoms with E-state index in [1.165, 1.54) is 187 Å². The number of benzene rings is 2. The van der Waals surface area contributed by atoms with Gasteiger partial charge in [0.1, 0.15) is 23.1 Å². The van der Waals surface area contributed by atoms with Gasteiger partial charge in [0.2, 0.25) is 0 Å². The molecule has 5 nitrogen and oxygen atoms in total. The maximum absolute atomic E-state index is 7.17. The molecule has 2 fully saturated rings. The highest BCUT2D eigenvalue weighted by molar-refractivity contribution is 5.45. The topological polar surface area (TPSA) is 60.8 Å². The maximum Gasteiger partial charge on any atom is 0.131 e. The molecule has 0 unspecified atom stereocenters. The van der Waals surface area contributed by atoms with Crippen LogP contribution in [0, 0.1) is 11.8 Å². The van der Waals surface area contributed by atoms with Gasteiger partial charge in [0, 0.05) is 36.6 Å². The highest BCUT2D eigenvalue weighted by Gasteiger charge is 2.27. The molecular formula is C58H86N4O. The molecule has 5 heteroatoms. The van der Waals surface area contributed by atoms with Crippen LogP contribution >= 0.6 is 0 Å². The molecule has 0 radical (unpaired) electrons. The van der Waals surface area contributed by atoms with Crippen LogP contribution in [-0.4, -0.2) is 19.9 Å². The van der Waals surface area contributed by atoms with Crippen molar-refractivity contribution in [2.24, 2.45) is 11.8 Å². The molecule has 0 spiro atoms. The lowest BCUT2D eigenvalue weighted by molar-refractivity contribution is 0.312. The van der Waals surface area contributed by atoms with Gasteiger partial charge in [-0.25, -0.2) is 19.9 Å². The molecule has 2 heterocycles. The van der Waals surface area contributed by atoms with Crippen LogP contribution in [0.2, 0.25) is 0 Å². The molecule has 2 aliphatic carbocycles. The number of aryl methyl sites for hydroxylation is 4. The van der Waals surface area contributed by atoms with Gasteiger partial charge in [-0.2, -0.15) is 0 Å². The molecule has 4 aromatic rings. The van der Waals surface area contributed by atoms with Gasteiger partial charge in [0.05, 0.1) is 0 Å². The average Bonchev–Trinajstić information content (AvgIpc) is 3.32. The van der Waals surface area contributed by atoms with E-state index in [0.29, 0.717) is 23.7 Å². The van der Waals surface area contributed by atoms with Crippen LogP contribution in [0.15, 0.2) is 61.2 Å². The van der Waals surface area contributed by atoms with Gasteiger partial charge in [0.25, 0.3) is 0 Å². The second kappa shape index (κ2) is 27.7. The van der Waals surface area contributed by atoms with E-state index in [4.69, 9.17) is 24.7 Å². The molecule has 6 rings (SSSR count). The quantitative estimate of drug-likeness (QED) is 0.0533. The lowest BCUT2D eigenvalue weighted by atomic mass is 9.78. The number of unbranched alkanes of at least 4 members (excludes halogenated alkanes) is 12. The predicted molar refractivity (Wildman–Crippen MR) is 265 cm³/mol. The minimum absolute atomic E-state index is 0.479. The van der Waals surface area contributed by atoms with Crippen molar-refractivity contribution >= 4 is 0 Å². The molecule has 0 bridgehead atoms. The summed E-state index contributed by atoms with van der Waals surface area (Å²) in [6.45, 7) is 9.16. The summed E-state index contributed by atoms with van der Waals surface area (Å²) in [6.07, 6.45) is 45.3. The first kappa shape index (κ1) is 48.8. The summed E-state index contributed by atoms with van der Waals surface area (Å²) in [5, 5.41) is 0. The molecule has 0 N–H and O–H groups in total. The van der Waals surface area contributed by atoms with Crippen LogP contribution < -0.4 is 4.74 Å². The molecule has 0 aliphatic heterocycles. The van der Waals surface area contributed by atoms with Crippen LogP contribution in [0.1, 0.15) is 239 Å². The lowest BCUT2D eigenvalue weighted by Crippen LogP contribution is -2.18. The van der Waals surface area contributed by atoms with Crippen molar-refractivity contribution in [2.45, 2.75) is 232 Å². The monoisotopic (exact) mass is 855 g/mol. The van der Waals surface area contributed by atoms with Crippen molar-refractivity contribution in [2.75, 3.05) is 0 Å². The Morgan fingerprint density at radius 3 is 1.06 bits per heavy atom. The Balaban J connectivity index is 1.12. The molecule has 2 saturated carbocycles. The zero-order valence-electron chi connectivity index (χ0n) is 40.5. The Bertz CT molecular complexity index is 1700. The summed E-state index contributed by atoms with van der Waals surface area (Å²) >= 11 is 0. The molecule has 2 aliphatic rings. The molecule has 0 amide bonds. The number of ether oxygens (including phenoxy) is 1. The van der Waals surface area contributed by atoms with Gasteiger partial charge in [-0.3, -0.25) is 0 Å². The summed E-state index contributed by atoms with van der Waals surface area (Å²) in [4.78, 5) is 19.6. The summed E-state index contributed by atoms with van der Waals surface area (Å²) in [7, 11) is 0. The first-order valence-corrected chi connectivity index (χ1v) is 26.6. The van der Waals surface area contributed by atoms with Crippen LogP contribution in [0.5, 0.6) is 11.5 Å². The molecular weight excluding hydrogens is 769 g/mol. The number of nitrogens with zero attached hydrogens (tertiary/aromatic N) is 4. The fourth-order valence-corrected chi connectivity index (χ4v) is 10.5. The molecule has 2 aromatic carbocycles. The van der Waals surface area contributed by atoms with Crippen molar-refractivity contribution in [1.82, 2.24) is 19.9 Å². The normalized spacial score (nSPS) is 19.0. The van der Waals surface area contributed by atoms with E-state index >= 15 is 0 Å². The molecule has 344 valence electrons. The Morgan fingerprint density at radius 2 is 0.730 bits per heavy atom. The third-order valence-electron chi connectivity index (χ3n) is 14.6. The zero-order chi connectivity index (χ0) is 43.9. The molecule has 2 aromatic heterocycles. The van der Waals surface area contributed by atoms with E-state index in [1.807, 2.05) is 0 Å². The first-order valence-electron chi connectivity index (χ1n) is 26.6. The van der Waals surface area contributed by atoms with E-state index in [2.05, 4.69) is 88.9 Å². The Morgan fingerprint density at radius 1 is 0.397 bits per heavy atom. The van der Waals surface area contributed by atoms with Gasteiger partial charge in [-0.05, 0) is 173 Å². The van der Waals surface area contributed by atoms with Crippen LogP contribution in [-0.2, 0) is 38.5 Å². The van der Waals surface area contributed by atoms with Crippen LogP contribution in [0.3, 0.4) is 0 Å². The molecule has 0 saturated heterocycles. The minimum Gasteiger partial charge on any atom is -0.457 e. The summed E-state index contributed by atoms with van der Waals surface area (Å²) in [5.41, 5.74) is 8.32. The number of aromatic nitrogens is 4. The van der Waals surface area contributed by atoms with E-state index in [-0.39, 0.29) is 0 Å². The summed E-state index contributed by atoms with van der Waals surface area (Å²) in [6, 6.07) is 14.4. The lowest BCUT2D eigenvalue weighted by Gasteiger charge is -2.29. The van der Waals surface area contributed by atoms with E-state index in [9.17, 15) is 0 Å². The van der Waals surface area contributed by atoms with Crippen molar-refractivity contribution < 1.29 is 4.74 Å². The first-order chi connectivity index (χ1) is 31.0. The van der Waals surface area contributed by atoms with Gasteiger partial charge in [-0.15, -0.1) is 0 Å². The largest absolute Gasteiger partial charge is 0.457 e. The van der Waals surface area contributed by atoms with Crippen LogP contribution in [0.25, 0.3) is 0 Å².